The fraction of sp³-hybridized carbons (Fsp3) is 0.556. The van der Waals surface area contributed by atoms with Crippen LogP contribution < -0.4 is 0 Å². The van der Waals surface area contributed by atoms with E-state index in [1.54, 1.807) is 12.3 Å². The lowest BCUT2D eigenvalue weighted by atomic mass is 10.5. The molecule has 0 aliphatic carbocycles. The SMILES string of the molecule is C=C(C=COCC)O[Si](C)(C)C. The summed E-state index contributed by atoms with van der Waals surface area (Å²) in [5, 5.41) is 0. The Balaban J connectivity index is 3.75. The lowest BCUT2D eigenvalue weighted by Crippen LogP contribution is -2.24. The van der Waals surface area contributed by atoms with E-state index in [-0.39, 0.29) is 0 Å². The van der Waals surface area contributed by atoms with Gasteiger partial charge in [0.05, 0.1) is 18.6 Å². The molecule has 0 aromatic carbocycles. The zero-order valence-corrected chi connectivity index (χ0v) is 9.39. The molecule has 0 radical (unpaired) electrons. The Kier molecular flexibility index (Phi) is 4.74. The molecule has 0 N–H and O–H groups in total. The molecule has 0 rings (SSSR count). The molecule has 0 aliphatic rings. The van der Waals surface area contributed by atoms with E-state index in [0.717, 1.165) is 0 Å². The summed E-state index contributed by atoms with van der Waals surface area (Å²) in [5.41, 5.74) is 0. The highest BCUT2D eigenvalue weighted by molar-refractivity contribution is 6.70. The summed E-state index contributed by atoms with van der Waals surface area (Å²) in [4.78, 5) is 0. The Hall–Kier alpha value is -0.703. The van der Waals surface area contributed by atoms with Crippen LogP contribution in [0.4, 0.5) is 0 Å². The third-order valence-electron chi connectivity index (χ3n) is 0.954. The van der Waals surface area contributed by atoms with Gasteiger partial charge >= 0.3 is 0 Å². The minimum absolute atomic E-state index is 0.677. The van der Waals surface area contributed by atoms with Crippen molar-refractivity contribution in [3.8, 4) is 0 Å². The van der Waals surface area contributed by atoms with E-state index in [2.05, 4.69) is 26.2 Å². The molecule has 70 valence electrons. The van der Waals surface area contributed by atoms with Crippen molar-refractivity contribution >= 4 is 8.32 Å². The first-order chi connectivity index (χ1) is 5.45. The molecule has 0 heterocycles. The third-order valence-corrected chi connectivity index (χ3v) is 1.83. The number of ether oxygens (including phenoxy) is 1. The van der Waals surface area contributed by atoms with Crippen LogP contribution in [0.2, 0.25) is 19.6 Å². The van der Waals surface area contributed by atoms with Crippen molar-refractivity contribution in [2.45, 2.75) is 26.6 Å². The predicted molar refractivity (Wildman–Crippen MR) is 54.3 cm³/mol. The average molecular weight is 186 g/mol. The number of hydrogen-bond acceptors (Lipinski definition) is 2. The first-order valence-corrected chi connectivity index (χ1v) is 7.52. The van der Waals surface area contributed by atoms with E-state index in [0.29, 0.717) is 12.4 Å². The molecule has 0 spiro atoms. The van der Waals surface area contributed by atoms with Crippen LogP contribution >= 0.6 is 0 Å². The lowest BCUT2D eigenvalue weighted by molar-refractivity contribution is 0.267. The monoisotopic (exact) mass is 186 g/mol. The molecule has 0 saturated heterocycles. The molecule has 0 saturated carbocycles. The van der Waals surface area contributed by atoms with E-state index < -0.39 is 8.32 Å². The summed E-state index contributed by atoms with van der Waals surface area (Å²) < 4.78 is 10.6. The molecule has 0 atom stereocenters. The van der Waals surface area contributed by atoms with Crippen molar-refractivity contribution in [2.75, 3.05) is 6.61 Å². The smallest absolute Gasteiger partial charge is 0.242 e. The Morgan fingerprint density at radius 1 is 1.42 bits per heavy atom. The number of allylic oxidation sites excluding steroid dienone is 1. The van der Waals surface area contributed by atoms with Crippen LogP contribution in [0.25, 0.3) is 0 Å². The molecule has 0 unspecified atom stereocenters. The predicted octanol–water partition coefficient (Wildman–Crippen LogP) is 2.90. The van der Waals surface area contributed by atoms with E-state index in [9.17, 15) is 0 Å². The molecule has 0 amide bonds. The quantitative estimate of drug-likeness (QED) is 0.373. The maximum atomic E-state index is 5.56. The van der Waals surface area contributed by atoms with Crippen LogP contribution in [0.15, 0.2) is 24.7 Å². The Morgan fingerprint density at radius 3 is 2.42 bits per heavy atom. The topological polar surface area (TPSA) is 18.5 Å². The minimum Gasteiger partial charge on any atom is -0.545 e. The molecule has 2 nitrogen and oxygen atoms in total. The van der Waals surface area contributed by atoms with Gasteiger partial charge in [0.25, 0.3) is 0 Å². The van der Waals surface area contributed by atoms with Gasteiger partial charge in [-0.25, -0.2) is 0 Å². The van der Waals surface area contributed by atoms with Crippen molar-refractivity contribution in [3.63, 3.8) is 0 Å². The molecular weight excluding hydrogens is 168 g/mol. The van der Waals surface area contributed by atoms with E-state index in [4.69, 9.17) is 9.16 Å². The number of hydrogen-bond donors (Lipinski definition) is 0. The van der Waals surface area contributed by atoms with Gasteiger partial charge in [-0.1, -0.05) is 6.58 Å². The fourth-order valence-electron chi connectivity index (χ4n) is 0.648. The summed E-state index contributed by atoms with van der Waals surface area (Å²) in [7, 11) is -1.49. The van der Waals surface area contributed by atoms with Crippen molar-refractivity contribution in [1.29, 1.82) is 0 Å². The van der Waals surface area contributed by atoms with Gasteiger partial charge < -0.3 is 9.16 Å². The van der Waals surface area contributed by atoms with Crippen molar-refractivity contribution in [1.82, 2.24) is 0 Å². The van der Waals surface area contributed by atoms with Gasteiger partial charge in [0.15, 0.2) is 0 Å². The van der Waals surface area contributed by atoms with Crippen LogP contribution in [0.3, 0.4) is 0 Å². The van der Waals surface area contributed by atoms with Gasteiger partial charge in [0, 0.05) is 6.08 Å². The standard InChI is InChI=1S/C9H18O2Si/c1-6-10-8-7-9(2)11-12(3,4)5/h7-8H,2,6H2,1,3-5H3. The lowest BCUT2D eigenvalue weighted by Gasteiger charge is -2.18. The summed E-state index contributed by atoms with van der Waals surface area (Å²) in [5.74, 6) is 0.683. The van der Waals surface area contributed by atoms with Crippen LogP contribution in [-0.2, 0) is 9.16 Å². The highest BCUT2D eigenvalue weighted by Crippen LogP contribution is 2.09. The van der Waals surface area contributed by atoms with Gasteiger partial charge in [-0.3, -0.25) is 0 Å². The summed E-state index contributed by atoms with van der Waals surface area (Å²) in [6.45, 7) is 12.7. The molecule has 0 bridgehead atoms. The van der Waals surface area contributed by atoms with Crippen LogP contribution in [0.1, 0.15) is 6.92 Å². The second-order valence-electron chi connectivity index (χ2n) is 3.44. The largest absolute Gasteiger partial charge is 0.545 e. The van der Waals surface area contributed by atoms with Crippen molar-refractivity contribution < 1.29 is 9.16 Å². The summed E-state index contributed by atoms with van der Waals surface area (Å²) >= 11 is 0. The molecule has 12 heavy (non-hydrogen) atoms. The highest BCUT2D eigenvalue weighted by Gasteiger charge is 2.15. The first-order valence-electron chi connectivity index (χ1n) is 4.12. The summed E-state index contributed by atoms with van der Waals surface area (Å²) in [6, 6.07) is 0. The van der Waals surface area contributed by atoms with Gasteiger partial charge in [0.2, 0.25) is 8.32 Å². The van der Waals surface area contributed by atoms with E-state index in [1.807, 2.05) is 6.92 Å². The molecule has 0 aliphatic heterocycles. The van der Waals surface area contributed by atoms with Crippen molar-refractivity contribution in [2.24, 2.45) is 0 Å². The van der Waals surface area contributed by atoms with Gasteiger partial charge in [-0.15, -0.1) is 0 Å². The van der Waals surface area contributed by atoms with Gasteiger partial charge in [-0.2, -0.15) is 0 Å². The average Bonchev–Trinajstić information content (AvgIpc) is 1.84. The molecule has 3 heteroatoms. The van der Waals surface area contributed by atoms with Crippen LogP contribution in [-0.4, -0.2) is 14.9 Å². The highest BCUT2D eigenvalue weighted by atomic mass is 28.4. The normalized spacial score (nSPS) is 11.7. The number of rotatable bonds is 5. The van der Waals surface area contributed by atoms with E-state index in [1.165, 1.54) is 0 Å². The van der Waals surface area contributed by atoms with Crippen molar-refractivity contribution in [3.05, 3.63) is 24.7 Å². The minimum atomic E-state index is -1.49. The Labute approximate surface area is 76.0 Å². The molecule has 0 aromatic rings. The first kappa shape index (κ1) is 11.3. The zero-order chi connectivity index (χ0) is 9.61. The maximum absolute atomic E-state index is 5.56. The van der Waals surface area contributed by atoms with E-state index >= 15 is 0 Å². The Bertz CT molecular complexity index is 168. The second kappa shape index (κ2) is 5.03. The molecule has 0 aromatic heterocycles. The molecule has 0 fully saturated rings. The van der Waals surface area contributed by atoms with Crippen LogP contribution in [0, 0.1) is 0 Å². The van der Waals surface area contributed by atoms with Gasteiger partial charge in [0.1, 0.15) is 0 Å². The Morgan fingerprint density at radius 2 is 2.00 bits per heavy atom. The zero-order valence-electron chi connectivity index (χ0n) is 8.39. The summed E-state index contributed by atoms with van der Waals surface area (Å²) in [6.07, 6.45) is 3.37. The maximum Gasteiger partial charge on any atom is 0.242 e. The van der Waals surface area contributed by atoms with Gasteiger partial charge in [-0.05, 0) is 26.6 Å². The second-order valence-corrected chi connectivity index (χ2v) is 7.87. The third kappa shape index (κ3) is 7.40. The van der Waals surface area contributed by atoms with Crippen LogP contribution in [0.5, 0.6) is 0 Å². The fourth-order valence-corrected chi connectivity index (χ4v) is 1.50. The molecular formula is C9H18O2Si.